The lowest BCUT2D eigenvalue weighted by atomic mass is 9.97. The van der Waals surface area contributed by atoms with Crippen molar-refractivity contribution in [1.82, 2.24) is 9.88 Å². The molecule has 124 valence electrons. The summed E-state index contributed by atoms with van der Waals surface area (Å²) >= 11 is 0. The number of hydrogen-bond acceptors (Lipinski definition) is 5. The molecule has 1 saturated carbocycles. The minimum atomic E-state index is -0.210. The molecule has 0 bridgehead atoms. The fourth-order valence-corrected chi connectivity index (χ4v) is 2.88. The summed E-state index contributed by atoms with van der Waals surface area (Å²) in [5.41, 5.74) is 0.618. The zero-order valence-corrected chi connectivity index (χ0v) is 13.5. The molecule has 6 heteroatoms. The van der Waals surface area contributed by atoms with Crippen LogP contribution in [0.1, 0.15) is 43.0 Å². The van der Waals surface area contributed by atoms with Gasteiger partial charge in [0.05, 0.1) is 12.5 Å². The van der Waals surface area contributed by atoms with Crippen molar-refractivity contribution in [2.24, 2.45) is 5.92 Å². The van der Waals surface area contributed by atoms with E-state index in [1.54, 1.807) is 30.2 Å². The predicted octanol–water partition coefficient (Wildman–Crippen LogP) is 2.07. The van der Waals surface area contributed by atoms with E-state index >= 15 is 0 Å². The van der Waals surface area contributed by atoms with Gasteiger partial charge in [-0.2, -0.15) is 0 Å². The third kappa shape index (κ3) is 4.00. The van der Waals surface area contributed by atoms with Gasteiger partial charge in [-0.25, -0.2) is 4.98 Å². The van der Waals surface area contributed by atoms with Gasteiger partial charge in [0, 0.05) is 30.9 Å². The molecule has 0 spiro atoms. The molecule has 1 aromatic heterocycles. The first-order valence-electron chi connectivity index (χ1n) is 8.36. The van der Waals surface area contributed by atoms with Crippen LogP contribution in [0.4, 0.5) is 5.82 Å². The van der Waals surface area contributed by atoms with E-state index in [0.717, 1.165) is 31.5 Å². The van der Waals surface area contributed by atoms with Gasteiger partial charge in [0.25, 0.3) is 5.91 Å². The normalized spacial score (nSPS) is 20.9. The predicted molar refractivity (Wildman–Crippen MR) is 86.1 cm³/mol. The van der Waals surface area contributed by atoms with Crippen LogP contribution in [0, 0.1) is 5.92 Å². The van der Waals surface area contributed by atoms with Gasteiger partial charge < -0.3 is 15.0 Å². The molecule has 1 unspecified atom stereocenters. The van der Waals surface area contributed by atoms with E-state index in [4.69, 9.17) is 4.74 Å². The molecule has 2 heterocycles. The smallest absolute Gasteiger partial charge is 0.310 e. The molecule has 2 aliphatic rings. The summed E-state index contributed by atoms with van der Waals surface area (Å²) in [6, 6.07) is 4.03. The second kappa shape index (κ2) is 6.98. The zero-order chi connectivity index (χ0) is 16.2. The number of hydrogen-bond donors (Lipinski definition) is 1. The van der Waals surface area contributed by atoms with Crippen molar-refractivity contribution < 1.29 is 14.3 Å². The highest BCUT2D eigenvalue weighted by Crippen LogP contribution is 2.25. The number of rotatable bonds is 5. The summed E-state index contributed by atoms with van der Waals surface area (Å²) in [6.45, 7) is 3.30. The molecular formula is C17H23N3O3. The van der Waals surface area contributed by atoms with E-state index in [-0.39, 0.29) is 17.8 Å². The molecule has 1 aromatic rings. The molecule has 1 aliphatic carbocycles. The van der Waals surface area contributed by atoms with Crippen molar-refractivity contribution in [1.29, 1.82) is 0 Å². The molecule has 2 fully saturated rings. The molecule has 1 amide bonds. The summed E-state index contributed by atoms with van der Waals surface area (Å²) in [4.78, 5) is 30.6. The van der Waals surface area contributed by atoms with Crippen LogP contribution >= 0.6 is 0 Å². The Morgan fingerprint density at radius 1 is 1.39 bits per heavy atom. The van der Waals surface area contributed by atoms with E-state index < -0.39 is 0 Å². The SMILES string of the molecule is CCOC(=O)C1CCCN(C(=O)c2ccnc(NC3CC3)c2)C1. The van der Waals surface area contributed by atoms with Crippen LogP contribution in [0.5, 0.6) is 0 Å². The Hall–Kier alpha value is -2.11. The molecule has 23 heavy (non-hydrogen) atoms. The molecule has 1 saturated heterocycles. The Labute approximate surface area is 136 Å². The van der Waals surface area contributed by atoms with E-state index in [9.17, 15) is 9.59 Å². The van der Waals surface area contributed by atoms with Gasteiger partial charge in [0.15, 0.2) is 0 Å². The minimum Gasteiger partial charge on any atom is -0.466 e. The number of aromatic nitrogens is 1. The third-order valence-electron chi connectivity index (χ3n) is 4.26. The summed E-state index contributed by atoms with van der Waals surface area (Å²) in [7, 11) is 0. The summed E-state index contributed by atoms with van der Waals surface area (Å²) in [5.74, 6) is 0.298. The zero-order valence-electron chi connectivity index (χ0n) is 13.5. The van der Waals surface area contributed by atoms with Gasteiger partial charge in [-0.05, 0) is 44.7 Å². The van der Waals surface area contributed by atoms with Gasteiger partial charge in [-0.3, -0.25) is 9.59 Å². The van der Waals surface area contributed by atoms with E-state index in [1.807, 2.05) is 0 Å². The average molecular weight is 317 g/mol. The largest absolute Gasteiger partial charge is 0.466 e. The first-order chi connectivity index (χ1) is 11.2. The van der Waals surface area contributed by atoms with Crippen molar-refractivity contribution in [2.45, 2.75) is 38.6 Å². The molecule has 6 nitrogen and oxygen atoms in total. The van der Waals surface area contributed by atoms with Crippen molar-refractivity contribution in [3.05, 3.63) is 23.9 Å². The number of esters is 1. The lowest BCUT2D eigenvalue weighted by Gasteiger charge is -2.31. The summed E-state index contributed by atoms with van der Waals surface area (Å²) in [5, 5.41) is 3.30. The fraction of sp³-hybridized carbons (Fsp3) is 0.588. The standard InChI is InChI=1S/C17H23N3O3/c1-2-23-17(22)13-4-3-9-20(11-13)16(21)12-7-8-18-15(10-12)19-14-5-6-14/h7-8,10,13-14H,2-6,9,11H2,1H3,(H,18,19). The number of likely N-dealkylation sites (tertiary alicyclic amines) is 1. The average Bonchev–Trinajstić information content (AvgIpc) is 3.39. The van der Waals surface area contributed by atoms with Gasteiger partial charge in [-0.15, -0.1) is 0 Å². The Morgan fingerprint density at radius 3 is 2.96 bits per heavy atom. The summed E-state index contributed by atoms with van der Waals surface area (Å²) < 4.78 is 5.09. The minimum absolute atomic E-state index is 0.0414. The molecule has 0 radical (unpaired) electrons. The van der Waals surface area contributed by atoms with E-state index in [1.165, 1.54) is 0 Å². The Morgan fingerprint density at radius 2 is 2.22 bits per heavy atom. The van der Waals surface area contributed by atoms with Gasteiger partial charge in [0.1, 0.15) is 5.82 Å². The Kier molecular flexibility index (Phi) is 4.79. The first kappa shape index (κ1) is 15.8. The number of anilines is 1. The number of pyridine rings is 1. The number of nitrogens with one attached hydrogen (secondary N) is 1. The van der Waals surface area contributed by atoms with Crippen LogP contribution in [-0.4, -0.2) is 47.5 Å². The quantitative estimate of drug-likeness (QED) is 0.842. The van der Waals surface area contributed by atoms with Crippen LogP contribution in [0.3, 0.4) is 0 Å². The topological polar surface area (TPSA) is 71.5 Å². The van der Waals surface area contributed by atoms with Crippen molar-refractivity contribution >= 4 is 17.7 Å². The van der Waals surface area contributed by atoms with Gasteiger partial charge in [-0.1, -0.05) is 0 Å². The lowest BCUT2D eigenvalue weighted by molar-refractivity contribution is -0.149. The number of ether oxygens (including phenoxy) is 1. The highest BCUT2D eigenvalue weighted by atomic mass is 16.5. The molecule has 1 N–H and O–H groups in total. The maximum absolute atomic E-state index is 12.7. The Balaban J connectivity index is 1.65. The van der Waals surface area contributed by atoms with Crippen molar-refractivity contribution in [2.75, 3.05) is 25.0 Å². The monoisotopic (exact) mass is 317 g/mol. The maximum atomic E-state index is 12.7. The highest BCUT2D eigenvalue weighted by molar-refractivity contribution is 5.95. The third-order valence-corrected chi connectivity index (χ3v) is 4.26. The Bertz CT molecular complexity index is 586. The van der Waals surface area contributed by atoms with Crippen LogP contribution in [0.2, 0.25) is 0 Å². The number of amides is 1. The first-order valence-corrected chi connectivity index (χ1v) is 8.36. The van der Waals surface area contributed by atoms with Crippen LogP contribution < -0.4 is 5.32 Å². The van der Waals surface area contributed by atoms with Gasteiger partial charge >= 0.3 is 5.97 Å². The number of nitrogens with zero attached hydrogens (tertiary/aromatic N) is 2. The van der Waals surface area contributed by atoms with Crippen molar-refractivity contribution in [3.8, 4) is 0 Å². The number of carbonyl (C=O) groups is 2. The number of piperidine rings is 1. The van der Waals surface area contributed by atoms with Crippen molar-refractivity contribution in [3.63, 3.8) is 0 Å². The number of carbonyl (C=O) groups excluding carboxylic acids is 2. The van der Waals surface area contributed by atoms with E-state index in [0.29, 0.717) is 31.3 Å². The maximum Gasteiger partial charge on any atom is 0.310 e. The second-order valence-electron chi connectivity index (χ2n) is 6.19. The molecular weight excluding hydrogens is 294 g/mol. The molecule has 1 atom stereocenters. The molecule has 1 aliphatic heterocycles. The van der Waals surface area contributed by atoms with Crippen LogP contribution in [0.25, 0.3) is 0 Å². The van der Waals surface area contributed by atoms with Gasteiger partial charge in [0.2, 0.25) is 0 Å². The van der Waals surface area contributed by atoms with E-state index in [2.05, 4.69) is 10.3 Å². The summed E-state index contributed by atoms with van der Waals surface area (Å²) in [6.07, 6.45) is 5.59. The highest BCUT2D eigenvalue weighted by Gasteiger charge is 2.30. The lowest BCUT2D eigenvalue weighted by Crippen LogP contribution is -2.42. The molecule has 0 aromatic carbocycles. The van der Waals surface area contributed by atoms with Crippen LogP contribution in [-0.2, 0) is 9.53 Å². The molecule has 3 rings (SSSR count). The fourth-order valence-electron chi connectivity index (χ4n) is 2.88. The van der Waals surface area contributed by atoms with Crippen LogP contribution in [0.15, 0.2) is 18.3 Å². The second-order valence-corrected chi connectivity index (χ2v) is 6.19.